The first-order chi connectivity index (χ1) is 8.70. The molecule has 18 heavy (non-hydrogen) atoms. The Kier molecular flexibility index (Phi) is 4.87. The summed E-state index contributed by atoms with van der Waals surface area (Å²) in [6, 6.07) is 5.50. The van der Waals surface area contributed by atoms with Crippen LogP contribution in [0.5, 0.6) is 5.75 Å². The first-order valence-electron chi connectivity index (χ1n) is 6.29. The molecule has 0 spiro atoms. The fraction of sp³-hybridized carbons (Fsp3) is 0.571. The van der Waals surface area contributed by atoms with Crippen molar-refractivity contribution in [3.63, 3.8) is 0 Å². The number of hydrogen-bond donors (Lipinski definition) is 1. The van der Waals surface area contributed by atoms with Crippen LogP contribution in [0, 0.1) is 5.92 Å². The van der Waals surface area contributed by atoms with Gasteiger partial charge in [-0.15, -0.1) is 0 Å². The summed E-state index contributed by atoms with van der Waals surface area (Å²) in [5.74, 6) is 1.09. The van der Waals surface area contributed by atoms with Crippen LogP contribution in [-0.4, -0.2) is 31.5 Å². The number of aliphatic hydroxyl groups is 1. The molecule has 4 heteroatoms. The minimum absolute atomic E-state index is 0.308. The summed E-state index contributed by atoms with van der Waals surface area (Å²) in [7, 11) is 1.63. The van der Waals surface area contributed by atoms with Crippen molar-refractivity contribution in [3.8, 4) is 5.75 Å². The Bertz CT molecular complexity index is 389. The second-order valence-electron chi connectivity index (χ2n) is 4.68. The van der Waals surface area contributed by atoms with Crippen molar-refractivity contribution in [2.75, 3.05) is 20.3 Å². The second-order valence-corrected chi connectivity index (χ2v) is 5.11. The highest BCUT2D eigenvalue weighted by atomic mass is 35.5. The van der Waals surface area contributed by atoms with Gasteiger partial charge in [-0.05, 0) is 42.5 Å². The van der Waals surface area contributed by atoms with E-state index in [1.807, 2.05) is 12.1 Å². The van der Waals surface area contributed by atoms with Crippen LogP contribution in [0.3, 0.4) is 0 Å². The molecule has 1 heterocycles. The van der Waals surface area contributed by atoms with E-state index >= 15 is 0 Å². The molecule has 1 saturated heterocycles. The lowest BCUT2D eigenvalue weighted by Gasteiger charge is -2.27. The molecule has 0 aromatic heterocycles. The van der Waals surface area contributed by atoms with Crippen LogP contribution in [0.25, 0.3) is 0 Å². The van der Waals surface area contributed by atoms with Gasteiger partial charge in [-0.1, -0.05) is 11.6 Å². The summed E-state index contributed by atoms with van der Waals surface area (Å²) in [5.41, 5.74) is 0.962. The van der Waals surface area contributed by atoms with Crippen molar-refractivity contribution >= 4 is 11.6 Å². The highest BCUT2D eigenvalue weighted by molar-refractivity contribution is 6.30. The van der Waals surface area contributed by atoms with Crippen molar-refractivity contribution < 1.29 is 14.6 Å². The molecule has 100 valence electrons. The van der Waals surface area contributed by atoms with E-state index in [1.54, 1.807) is 13.2 Å². The summed E-state index contributed by atoms with van der Waals surface area (Å²) >= 11 is 5.99. The number of rotatable bonds is 4. The van der Waals surface area contributed by atoms with E-state index in [2.05, 4.69) is 0 Å². The van der Waals surface area contributed by atoms with Crippen LogP contribution in [-0.2, 0) is 11.2 Å². The van der Waals surface area contributed by atoms with Crippen molar-refractivity contribution in [2.24, 2.45) is 5.92 Å². The van der Waals surface area contributed by atoms with E-state index in [4.69, 9.17) is 21.1 Å². The van der Waals surface area contributed by atoms with E-state index in [0.717, 1.165) is 37.4 Å². The third-order valence-electron chi connectivity index (χ3n) is 3.48. The molecule has 1 aromatic rings. The first-order valence-corrected chi connectivity index (χ1v) is 6.66. The third kappa shape index (κ3) is 3.37. The number of methoxy groups -OCH3 is 1. The van der Waals surface area contributed by atoms with Gasteiger partial charge in [0.15, 0.2) is 0 Å². The fourth-order valence-electron chi connectivity index (χ4n) is 2.40. The molecule has 0 amide bonds. The van der Waals surface area contributed by atoms with Crippen molar-refractivity contribution in [1.82, 2.24) is 0 Å². The van der Waals surface area contributed by atoms with Crippen molar-refractivity contribution in [1.29, 1.82) is 0 Å². The predicted molar refractivity (Wildman–Crippen MR) is 71.3 cm³/mol. The van der Waals surface area contributed by atoms with Gasteiger partial charge in [0.1, 0.15) is 5.75 Å². The number of aliphatic hydroxyl groups excluding tert-OH is 1. The summed E-state index contributed by atoms with van der Waals surface area (Å²) < 4.78 is 10.6. The smallest absolute Gasteiger partial charge is 0.122 e. The van der Waals surface area contributed by atoms with Crippen LogP contribution in [0.15, 0.2) is 18.2 Å². The zero-order chi connectivity index (χ0) is 13.0. The highest BCUT2D eigenvalue weighted by Crippen LogP contribution is 2.27. The molecule has 3 nitrogen and oxygen atoms in total. The molecule has 1 N–H and O–H groups in total. The maximum absolute atomic E-state index is 10.3. The second kappa shape index (κ2) is 6.41. The van der Waals surface area contributed by atoms with Gasteiger partial charge in [0.25, 0.3) is 0 Å². The average Bonchev–Trinajstić information content (AvgIpc) is 2.40. The van der Waals surface area contributed by atoms with E-state index in [-0.39, 0.29) is 6.10 Å². The van der Waals surface area contributed by atoms with E-state index < -0.39 is 0 Å². The molecule has 0 bridgehead atoms. The molecule has 0 aliphatic carbocycles. The van der Waals surface area contributed by atoms with Gasteiger partial charge in [-0.25, -0.2) is 0 Å². The zero-order valence-corrected chi connectivity index (χ0v) is 11.3. The van der Waals surface area contributed by atoms with Gasteiger partial charge >= 0.3 is 0 Å². The van der Waals surface area contributed by atoms with Gasteiger partial charge in [0.2, 0.25) is 0 Å². The Hall–Kier alpha value is -0.770. The molecular formula is C14H19ClO3. The molecule has 1 aliphatic rings. The predicted octanol–water partition coefficient (Wildman–Crippen LogP) is 2.68. The molecule has 0 saturated carbocycles. The minimum atomic E-state index is -0.360. The number of ether oxygens (including phenoxy) is 2. The SMILES string of the molecule is COc1ccc(Cl)cc1CC(O)C1CCOCC1. The van der Waals surface area contributed by atoms with Crippen LogP contribution in [0.1, 0.15) is 18.4 Å². The summed E-state index contributed by atoms with van der Waals surface area (Å²) in [5, 5.41) is 11.0. The fourth-order valence-corrected chi connectivity index (χ4v) is 2.59. The Morgan fingerprint density at radius 2 is 2.17 bits per heavy atom. The molecule has 2 rings (SSSR count). The topological polar surface area (TPSA) is 38.7 Å². The van der Waals surface area contributed by atoms with Crippen LogP contribution < -0.4 is 4.74 Å². The number of halogens is 1. The zero-order valence-electron chi connectivity index (χ0n) is 10.6. The summed E-state index contributed by atoms with van der Waals surface area (Å²) in [4.78, 5) is 0. The Morgan fingerprint density at radius 3 is 2.83 bits per heavy atom. The number of benzene rings is 1. The van der Waals surface area contributed by atoms with E-state index in [1.165, 1.54) is 0 Å². The molecule has 1 aliphatic heterocycles. The maximum Gasteiger partial charge on any atom is 0.122 e. The lowest BCUT2D eigenvalue weighted by molar-refractivity contribution is 0.00822. The van der Waals surface area contributed by atoms with Gasteiger partial charge in [-0.3, -0.25) is 0 Å². The van der Waals surface area contributed by atoms with Crippen molar-refractivity contribution in [2.45, 2.75) is 25.4 Å². The largest absolute Gasteiger partial charge is 0.496 e. The maximum atomic E-state index is 10.3. The molecule has 1 fully saturated rings. The summed E-state index contributed by atoms with van der Waals surface area (Å²) in [6.07, 6.45) is 2.06. The van der Waals surface area contributed by atoms with Crippen molar-refractivity contribution in [3.05, 3.63) is 28.8 Å². The highest BCUT2D eigenvalue weighted by Gasteiger charge is 2.23. The molecular weight excluding hydrogens is 252 g/mol. The van der Waals surface area contributed by atoms with Gasteiger partial charge in [-0.2, -0.15) is 0 Å². The van der Waals surface area contributed by atoms with Crippen LogP contribution in [0.2, 0.25) is 5.02 Å². The molecule has 1 aromatic carbocycles. The normalized spacial score (nSPS) is 18.6. The van der Waals surface area contributed by atoms with Crippen LogP contribution >= 0.6 is 11.6 Å². The Morgan fingerprint density at radius 1 is 1.44 bits per heavy atom. The quantitative estimate of drug-likeness (QED) is 0.914. The van der Waals surface area contributed by atoms with Gasteiger partial charge < -0.3 is 14.6 Å². The summed E-state index contributed by atoms with van der Waals surface area (Å²) in [6.45, 7) is 1.49. The average molecular weight is 271 g/mol. The van der Waals surface area contributed by atoms with E-state index in [9.17, 15) is 5.11 Å². The van der Waals surface area contributed by atoms with Crippen LogP contribution in [0.4, 0.5) is 0 Å². The van der Waals surface area contributed by atoms with Gasteiger partial charge in [0.05, 0.1) is 13.2 Å². The Labute approximate surface area is 113 Å². The lowest BCUT2D eigenvalue weighted by atomic mass is 9.90. The molecule has 1 unspecified atom stereocenters. The minimum Gasteiger partial charge on any atom is -0.496 e. The lowest BCUT2D eigenvalue weighted by Crippen LogP contribution is -2.29. The molecule has 1 atom stereocenters. The first kappa shape index (κ1) is 13.7. The number of hydrogen-bond acceptors (Lipinski definition) is 3. The monoisotopic (exact) mass is 270 g/mol. The standard InChI is InChI=1S/C14H19ClO3/c1-17-14-3-2-12(15)8-11(14)9-13(16)10-4-6-18-7-5-10/h2-3,8,10,13,16H,4-7,9H2,1H3. The molecule has 0 radical (unpaired) electrons. The Balaban J connectivity index is 2.05. The van der Waals surface area contributed by atoms with E-state index in [0.29, 0.717) is 17.4 Å². The van der Waals surface area contributed by atoms with Gasteiger partial charge in [0, 0.05) is 24.7 Å². The third-order valence-corrected chi connectivity index (χ3v) is 3.72.